The highest BCUT2D eigenvalue weighted by molar-refractivity contribution is 6.32. The van der Waals surface area contributed by atoms with E-state index >= 15 is 0 Å². The number of aromatic nitrogens is 2. The molecule has 0 bridgehead atoms. The van der Waals surface area contributed by atoms with E-state index in [1.54, 1.807) is 16.7 Å². The summed E-state index contributed by atoms with van der Waals surface area (Å²) in [5, 5.41) is 3.16. The molecule has 3 rings (SSSR count). The predicted octanol–water partition coefficient (Wildman–Crippen LogP) is 5.98. The Labute approximate surface area is 184 Å². The first-order chi connectivity index (χ1) is 14.3. The SMILES string of the molecule is CCc1nc(C(=O)NCC2CCC(C)CC2)c(Cl)n1-c1ccc(CC(C)C)cc1F. The van der Waals surface area contributed by atoms with Gasteiger partial charge in [-0.1, -0.05) is 58.2 Å². The number of nitrogens with zero attached hydrogens (tertiary/aromatic N) is 2. The molecular formula is C24H33ClFN3O. The Balaban J connectivity index is 1.80. The van der Waals surface area contributed by atoms with Gasteiger partial charge in [-0.3, -0.25) is 9.36 Å². The standard InChI is InChI=1S/C24H33ClFN3O/c1-5-21-28-22(24(30)27-14-17-8-6-16(4)7-9-17)23(25)29(21)20-11-10-18(12-15(2)3)13-19(20)26/h10-11,13,15-17H,5-9,12,14H2,1-4H3,(H,27,30). The molecule has 1 aliphatic carbocycles. The Morgan fingerprint density at radius 3 is 2.60 bits per heavy atom. The van der Waals surface area contributed by atoms with Crippen molar-refractivity contribution in [2.24, 2.45) is 17.8 Å². The number of halogens is 2. The molecule has 0 spiro atoms. The summed E-state index contributed by atoms with van der Waals surface area (Å²) in [7, 11) is 0. The van der Waals surface area contributed by atoms with Gasteiger partial charge in [0.05, 0.1) is 5.69 Å². The average Bonchev–Trinajstić information content (AvgIpc) is 3.03. The third-order valence-electron chi connectivity index (χ3n) is 6.01. The van der Waals surface area contributed by atoms with Gasteiger partial charge in [-0.25, -0.2) is 9.37 Å². The van der Waals surface area contributed by atoms with Gasteiger partial charge in [-0.2, -0.15) is 0 Å². The molecule has 1 amide bonds. The first-order valence-corrected chi connectivity index (χ1v) is 11.5. The lowest BCUT2D eigenvalue weighted by Gasteiger charge is -2.26. The molecule has 0 radical (unpaired) electrons. The molecule has 1 saturated carbocycles. The van der Waals surface area contributed by atoms with Crippen molar-refractivity contribution in [2.75, 3.05) is 6.54 Å². The van der Waals surface area contributed by atoms with E-state index in [0.717, 1.165) is 30.7 Å². The van der Waals surface area contributed by atoms with E-state index in [-0.39, 0.29) is 22.6 Å². The quantitative estimate of drug-likeness (QED) is 0.583. The number of rotatable bonds is 7. The minimum atomic E-state index is -0.356. The van der Waals surface area contributed by atoms with E-state index in [1.807, 2.05) is 13.0 Å². The molecule has 0 unspecified atom stereocenters. The zero-order valence-electron chi connectivity index (χ0n) is 18.5. The smallest absolute Gasteiger partial charge is 0.273 e. The number of hydrogen-bond donors (Lipinski definition) is 1. The summed E-state index contributed by atoms with van der Waals surface area (Å²) in [5.41, 5.74) is 1.45. The molecule has 1 fully saturated rings. The monoisotopic (exact) mass is 433 g/mol. The fraction of sp³-hybridized carbons (Fsp3) is 0.583. The maximum Gasteiger partial charge on any atom is 0.273 e. The van der Waals surface area contributed by atoms with Gasteiger partial charge in [-0.15, -0.1) is 0 Å². The van der Waals surface area contributed by atoms with Crippen LogP contribution in [0.2, 0.25) is 5.15 Å². The fourth-order valence-corrected chi connectivity index (χ4v) is 4.57. The second-order valence-corrected chi connectivity index (χ2v) is 9.43. The summed E-state index contributed by atoms with van der Waals surface area (Å²) in [5.74, 6) is 1.65. The van der Waals surface area contributed by atoms with Crippen LogP contribution in [0, 0.1) is 23.6 Å². The van der Waals surface area contributed by atoms with E-state index < -0.39 is 0 Å². The van der Waals surface area contributed by atoms with Crippen LogP contribution >= 0.6 is 11.6 Å². The number of carbonyl (C=O) groups is 1. The van der Waals surface area contributed by atoms with Crippen molar-refractivity contribution >= 4 is 17.5 Å². The molecule has 1 aromatic carbocycles. The lowest BCUT2D eigenvalue weighted by atomic mass is 9.83. The second kappa shape index (κ2) is 9.95. The number of aryl methyl sites for hydroxylation is 1. The van der Waals surface area contributed by atoms with Crippen LogP contribution < -0.4 is 5.32 Å². The number of nitrogens with one attached hydrogen (secondary N) is 1. The summed E-state index contributed by atoms with van der Waals surface area (Å²) >= 11 is 6.55. The van der Waals surface area contributed by atoms with Crippen LogP contribution in [0.15, 0.2) is 18.2 Å². The molecule has 4 nitrogen and oxygen atoms in total. The summed E-state index contributed by atoms with van der Waals surface area (Å²) in [4.78, 5) is 17.2. The van der Waals surface area contributed by atoms with Gasteiger partial charge < -0.3 is 5.32 Å². The molecule has 1 heterocycles. The Morgan fingerprint density at radius 2 is 2.00 bits per heavy atom. The Hall–Kier alpha value is -1.88. The Morgan fingerprint density at radius 1 is 1.30 bits per heavy atom. The summed E-state index contributed by atoms with van der Waals surface area (Å²) in [6.45, 7) is 9.04. The predicted molar refractivity (Wildman–Crippen MR) is 120 cm³/mol. The van der Waals surface area contributed by atoms with E-state index in [9.17, 15) is 9.18 Å². The van der Waals surface area contributed by atoms with E-state index in [0.29, 0.717) is 36.3 Å². The fourth-order valence-electron chi connectivity index (χ4n) is 4.25. The molecule has 6 heteroatoms. The maximum atomic E-state index is 14.9. The maximum absolute atomic E-state index is 14.9. The summed E-state index contributed by atoms with van der Waals surface area (Å²) in [6.07, 6.45) is 6.04. The number of hydrogen-bond acceptors (Lipinski definition) is 2. The normalized spacial score (nSPS) is 19.3. The average molecular weight is 434 g/mol. The summed E-state index contributed by atoms with van der Waals surface area (Å²) < 4.78 is 16.5. The topological polar surface area (TPSA) is 46.9 Å². The van der Waals surface area contributed by atoms with Crippen LogP contribution in [0.1, 0.15) is 75.3 Å². The van der Waals surface area contributed by atoms with Crippen LogP contribution in [0.4, 0.5) is 4.39 Å². The lowest BCUT2D eigenvalue weighted by molar-refractivity contribution is 0.0937. The van der Waals surface area contributed by atoms with Crippen molar-refractivity contribution in [3.63, 3.8) is 0 Å². The van der Waals surface area contributed by atoms with Gasteiger partial charge in [-0.05, 0) is 54.7 Å². The molecule has 1 aromatic heterocycles. The van der Waals surface area contributed by atoms with Crippen LogP contribution in [-0.4, -0.2) is 22.0 Å². The minimum Gasteiger partial charge on any atom is -0.350 e. The highest BCUT2D eigenvalue weighted by atomic mass is 35.5. The molecule has 0 atom stereocenters. The lowest BCUT2D eigenvalue weighted by Crippen LogP contribution is -2.31. The van der Waals surface area contributed by atoms with Crippen LogP contribution in [0.5, 0.6) is 0 Å². The van der Waals surface area contributed by atoms with Gasteiger partial charge in [0.1, 0.15) is 16.8 Å². The first-order valence-electron chi connectivity index (χ1n) is 11.1. The van der Waals surface area contributed by atoms with Crippen molar-refractivity contribution in [1.29, 1.82) is 0 Å². The van der Waals surface area contributed by atoms with Crippen molar-refractivity contribution in [1.82, 2.24) is 14.9 Å². The van der Waals surface area contributed by atoms with Crippen molar-refractivity contribution < 1.29 is 9.18 Å². The van der Waals surface area contributed by atoms with Gasteiger partial charge in [0.2, 0.25) is 0 Å². The number of carbonyl (C=O) groups excluding carboxylic acids is 1. The van der Waals surface area contributed by atoms with Crippen LogP contribution in [0.25, 0.3) is 5.69 Å². The molecule has 30 heavy (non-hydrogen) atoms. The third kappa shape index (κ3) is 5.23. The molecule has 1 N–H and O–H groups in total. The van der Waals surface area contributed by atoms with Gasteiger partial charge in [0.25, 0.3) is 5.91 Å². The highest BCUT2D eigenvalue weighted by Crippen LogP contribution is 2.29. The molecule has 1 aliphatic rings. The highest BCUT2D eigenvalue weighted by Gasteiger charge is 2.24. The number of amides is 1. The zero-order chi connectivity index (χ0) is 21.8. The zero-order valence-corrected chi connectivity index (χ0v) is 19.2. The summed E-state index contributed by atoms with van der Waals surface area (Å²) in [6, 6.07) is 5.19. The largest absolute Gasteiger partial charge is 0.350 e. The van der Waals surface area contributed by atoms with E-state index in [4.69, 9.17) is 11.6 Å². The minimum absolute atomic E-state index is 0.164. The molecule has 0 saturated heterocycles. The number of benzene rings is 1. The van der Waals surface area contributed by atoms with Crippen LogP contribution in [0.3, 0.4) is 0 Å². The van der Waals surface area contributed by atoms with Crippen LogP contribution in [-0.2, 0) is 12.8 Å². The molecule has 0 aliphatic heterocycles. The molecule has 2 aromatic rings. The Kier molecular flexibility index (Phi) is 7.56. The molecular weight excluding hydrogens is 401 g/mol. The van der Waals surface area contributed by atoms with E-state index in [1.165, 1.54) is 12.8 Å². The molecule has 164 valence electrons. The van der Waals surface area contributed by atoms with Gasteiger partial charge in [0, 0.05) is 13.0 Å². The first kappa shape index (κ1) is 22.8. The van der Waals surface area contributed by atoms with Gasteiger partial charge >= 0.3 is 0 Å². The Bertz CT molecular complexity index is 885. The van der Waals surface area contributed by atoms with Crippen molar-refractivity contribution in [3.05, 3.63) is 46.3 Å². The third-order valence-corrected chi connectivity index (χ3v) is 6.35. The van der Waals surface area contributed by atoms with Crippen molar-refractivity contribution in [2.45, 2.75) is 66.2 Å². The van der Waals surface area contributed by atoms with E-state index in [2.05, 4.69) is 31.1 Å². The van der Waals surface area contributed by atoms with Crippen molar-refractivity contribution in [3.8, 4) is 5.69 Å². The second-order valence-electron chi connectivity index (χ2n) is 9.08. The van der Waals surface area contributed by atoms with Gasteiger partial charge in [0.15, 0.2) is 5.69 Å². The number of imidazole rings is 1.